The zero-order chi connectivity index (χ0) is 19.5. The van der Waals surface area contributed by atoms with Gasteiger partial charge in [0.2, 0.25) is 5.91 Å². The maximum absolute atomic E-state index is 12.1. The molecule has 1 rings (SSSR count). The van der Waals surface area contributed by atoms with Gasteiger partial charge >= 0.3 is 0 Å². The summed E-state index contributed by atoms with van der Waals surface area (Å²) < 4.78 is 5.85. The Bertz CT molecular complexity index is 749. The highest BCUT2D eigenvalue weighted by molar-refractivity contribution is 5.99. The van der Waals surface area contributed by atoms with Crippen molar-refractivity contribution >= 4 is 11.6 Å². The van der Waals surface area contributed by atoms with E-state index in [4.69, 9.17) is 10.00 Å². The van der Waals surface area contributed by atoms with Crippen molar-refractivity contribution in [1.29, 1.82) is 5.26 Å². The molecular weight excluding hydrogens is 326 g/mol. The molecule has 138 valence electrons. The fourth-order valence-corrected chi connectivity index (χ4v) is 2.00. The molecule has 0 heterocycles. The minimum absolute atomic E-state index is 0.260. The van der Waals surface area contributed by atoms with E-state index in [1.54, 1.807) is 30.3 Å². The fraction of sp³-hybridized carbons (Fsp3) is 0.333. The first-order valence-corrected chi connectivity index (χ1v) is 8.44. The van der Waals surface area contributed by atoms with Crippen LogP contribution in [0.25, 0.3) is 0 Å². The molecule has 0 aliphatic heterocycles. The second-order valence-corrected chi connectivity index (χ2v) is 6.44. The van der Waals surface area contributed by atoms with Crippen LogP contribution in [0.15, 0.2) is 59.4 Å². The summed E-state index contributed by atoms with van der Waals surface area (Å²) in [5, 5.41) is 11.7. The molecule has 0 saturated carbocycles. The number of rotatable bonds is 8. The normalized spacial score (nSPS) is 11.7. The number of benzene rings is 1. The molecule has 0 spiro atoms. The van der Waals surface area contributed by atoms with E-state index < -0.39 is 0 Å². The van der Waals surface area contributed by atoms with E-state index in [0.717, 1.165) is 23.5 Å². The average Bonchev–Trinajstić information content (AvgIpc) is 2.58. The Morgan fingerprint density at radius 2 is 2.00 bits per heavy atom. The first-order chi connectivity index (χ1) is 12.3. The van der Waals surface area contributed by atoms with Crippen LogP contribution in [-0.4, -0.2) is 38.1 Å². The Labute approximate surface area is 156 Å². The van der Waals surface area contributed by atoms with Gasteiger partial charge in [0.15, 0.2) is 0 Å². The molecule has 1 amide bonds. The van der Waals surface area contributed by atoms with Crippen LogP contribution >= 0.6 is 0 Å². The number of nitrogens with one attached hydrogen (secondary N) is 1. The van der Waals surface area contributed by atoms with Crippen molar-refractivity contribution in [2.75, 3.05) is 32.6 Å². The molecule has 0 aromatic heterocycles. The summed E-state index contributed by atoms with van der Waals surface area (Å²) in [6.45, 7) is 7.30. The third-order valence-electron chi connectivity index (χ3n) is 3.35. The van der Waals surface area contributed by atoms with Crippen molar-refractivity contribution in [2.24, 2.45) is 0 Å². The molecule has 1 N–H and O–H groups in total. The van der Waals surface area contributed by atoms with Crippen LogP contribution in [0.4, 0.5) is 5.69 Å². The quantitative estimate of drug-likeness (QED) is 0.438. The van der Waals surface area contributed by atoms with Gasteiger partial charge in [-0.15, -0.1) is 0 Å². The summed E-state index contributed by atoms with van der Waals surface area (Å²) in [4.78, 5) is 14.1. The molecule has 26 heavy (non-hydrogen) atoms. The lowest BCUT2D eigenvalue weighted by molar-refractivity contribution is -0.111. The molecule has 0 aliphatic rings. The molecule has 0 atom stereocenters. The SMILES string of the molecule is CC(C)=C/C(OCCN(C)C)=C(C)/C=C/C(=O)Nc1cccc(C#N)c1. The molecule has 1 aromatic carbocycles. The molecule has 5 heteroatoms. The summed E-state index contributed by atoms with van der Waals surface area (Å²) in [7, 11) is 3.98. The molecule has 0 bridgehead atoms. The molecule has 0 aliphatic carbocycles. The summed E-state index contributed by atoms with van der Waals surface area (Å²) in [6.07, 6.45) is 5.15. The highest BCUT2D eigenvalue weighted by atomic mass is 16.5. The summed E-state index contributed by atoms with van der Waals surface area (Å²) >= 11 is 0. The maximum Gasteiger partial charge on any atom is 0.248 e. The lowest BCUT2D eigenvalue weighted by atomic mass is 10.2. The number of amides is 1. The first-order valence-electron chi connectivity index (χ1n) is 8.44. The van der Waals surface area contributed by atoms with E-state index in [1.165, 1.54) is 6.08 Å². The molecule has 0 radical (unpaired) electrons. The monoisotopic (exact) mass is 353 g/mol. The van der Waals surface area contributed by atoms with Crippen LogP contribution in [0.3, 0.4) is 0 Å². The number of hydrogen-bond donors (Lipinski definition) is 1. The van der Waals surface area contributed by atoms with E-state index in [9.17, 15) is 4.79 Å². The van der Waals surface area contributed by atoms with Gasteiger partial charge in [-0.2, -0.15) is 5.26 Å². The zero-order valence-corrected chi connectivity index (χ0v) is 16.2. The highest BCUT2D eigenvalue weighted by Crippen LogP contribution is 2.13. The van der Waals surface area contributed by atoms with Gasteiger partial charge in [-0.05, 0) is 64.7 Å². The van der Waals surface area contributed by atoms with Gasteiger partial charge in [0.05, 0.1) is 11.6 Å². The summed E-state index contributed by atoms with van der Waals surface area (Å²) in [5.74, 6) is 0.492. The van der Waals surface area contributed by atoms with Crippen LogP contribution in [0, 0.1) is 11.3 Å². The van der Waals surface area contributed by atoms with Crippen molar-refractivity contribution in [2.45, 2.75) is 20.8 Å². The van der Waals surface area contributed by atoms with Crippen LogP contribution < -0.4 is 5.32 Å². The minimum atomic E-state index is -0.260. The second-order valence-electron chi connectivity index (χ2n) is 6.44. The number of carbonyl (C=O) groups is 1. The summed E-state index contributed by atoms with van der Waals surface area (Å²) in [6, 6.07) is 8.85. The predicted octanol–water partition coefficient (Wildman–Crippen LogP) is 3.87. The van der Waals surface area contributed by atoms with Gasteiger partial charge in [0, 0.05) is 18.3 Å². The Balaban J connectivity index is 2.81. The molecule has 0 fully saturated rings. The minimum Gasteiger partial charge on any atom is -0.492 e. The number of nitrogens with zero attached hydrogens (tertiary/aromatic N) is 2. The van der Waals surface area contributed by atoms with Crippen molar-refractivity contribution in [3.8, 4) is 6.07 Å². The van der Waals surface area contributed by atoms with Gasteiger partial charge in [-0.25, -0.2) is 0 Å². The van der Waals surface area contributed by atoms with Crippen LogP contribution in [0.1, 0.15) is 26.3 Å². The van der Waals surface area contributed by atoms with Crippen LogP contribution in [0.2, 0.25) is 0 Å². The molecule has 5 nitrogen and oxygen atoms in total. The molecule has 1 aromatic rings. The number of anilines is 1. The largest absolute Gasteiger partial charge is 0.492 e. The second kappa shape index (κ2) is 10.9. The Morgan fingerprint density at radius 3 is 2.62 bits per heavy atom. The average molecular weight is 353 g/mol. The lowest BCUT2D eigenvalue weighted by Gasteiger charge is -2.13. The van der Waals surface area contributed by atoms with Gasteiger partial charge in [-0.1, -0.05) is 17.7 Å². The maximum atomic E-state index is 12.1. The molecule has 0 saturated heterocycles. The van der Waals surface area contributed by atoms with Crippen molar-refractivity contribution < 1.29 is 9.53 Å². The number of carbonyl (C=O) groups excluding carboxylic acids is 1. The van der Waals surface area contributed by atoms with Crippen molar-refractivity contribution in [3.63, 3.8) is 0 Å². The van der Waals surface area contributed by atoms with E-state index >= 15 is 0 Å². The van der Waals surface area contributed by atoms with E-state index in [-0.39, 0.29) is 5.91 Å². The third kappa shape index (κ3) is 8.32. The van der Waals surface area contributed by atoms with E-state index in [0.29, 0.717) is 17.9 Å². The number of allylic oxidation sites excluding steroid dienone is 4. The number of ether oxygens (including phenoxy) is 1. The van der Waals surface area contributed by atoms with Gasteiger partial charge in [0.25, 0.3) is 0 Å². The van der Waals surface area contributed by atoms with Gasteiger partial charge < -0.3 is 15.0 Å². The van der Waals surface area contributed by atoms with Crippen molar-refractivity contribution in [3.05, 3.63) is 65.0 Å². The Kier molecular flexibility index (Phi) is 8.90. The predicted molar refractivity (Wildman–Crippen MR) is 106 cm³/mol. The summed E-state index contributed by atoms with van der Waals surface area (Å²) in [5.41, 5.74) is 3.08. The zero-order valence-electron chi connectivity index (χ0n) is 16.2. The van der Waals surface area contributed by atoms with Crippen molar-refractivity contribution in [1.82, 2.24) is 4.90 Å². The first kappa shape index (κ1) is 21.2. The van der Waals surface area contributed by atoms with Gasteiger partial charge in [-0.3, -0.25) is 4.79 Å². The Hall–Kier alpha value is -2.84. The lowest BCUT2D eigenvalue weighted by Crippen LogP contribution is -2.18. The number of hydrogen-bond acceptors (Lipinski definition) is 4. The molecular formula is C21H27N3O2. The number of likely N-dealkylation sites (N-methyl/N-ethyl adjacent to an activating group) is 1. The highest BCUT2D eigenvalue weighted by Gasteiger charge is 2.03. The Morgan fingerprint density at radius 1 is 1.27 bits per heavy atom. The standard InChI is InChI=1S/C21H27N3O2/c1-16(2)13-20(26-12-11-24(4)5)17(3)9-10-21(25)23-19-8-6-7-18(14-19)15-22/h6-10,13-14H,11-12H2,1-5H3,(H,23,25)/b10-9+,20-17-. The fourth-order valence-electron chi connectivity index (χ4n) is 2.00. The topological polar surface area (TPSA) is 65.4 Å². The van der Waals surface area contributed by atoms with E-state index in [2.05, 4.69) is 5.32 Å². The molecule has 0 unspecified atom stereocenters. The smallest absolute Gasteiger partial charge is 0.248 e. The van der Waals surface area contributed by atoms with E-state index in [1.807, 2.05) is 51.9 Å². The number of nitriles is 1. The third-order valence-corrected chi connectivity index (χ3v) is 3.35. The van der Waals surface area contributed by atoms with Gasteiger partial charge in [0.1, 0.15) is 12.4 Å². The van der Waals surface area contributed by atoms with Crippen LogP contribution in [0.5, 0.6) is 0 Å². The van der Waals surface area contributed by atoms with Crippen LogP contribution in [-0.2, 0) is 9.53 Å².